The number of hydrogen-bond acceptors (Lipinski definition) is 2. The molecule has 0 saturated carbocycles. The molecule has 5 nitrogen and oxygen atoms in total. The van der Waals surface area contributed by atoms with Gasteiger partial charge in [0.25, 0.3) is 0 Å². The Hall–Kier alpha value is -2.48. The molecule has 0 aliphatic rings. The van der Waals surface area contributed by atoms with Gasteiger partial charge in [-0.15, -0.1) is 0 Å². The molecule has 0 atom stereocenters. The topological polar surface area (TPSA) is 66.6 Å². The summed E-state index contributed by atoms with van der Waals surface area (Å²) in [6.45, 7) is 0. The first-order chi connectivity index (χ1) is 10.3. The number of nitrogens with one attached hydrogen (secondary N) is 1. The number of anilines is 1. The van der Waals surface area contributed by atoms with Gasteiger partial charge in [-0.05, 0) is 18.2 Å². The van der Waals surface area contributed by atoms with Crippen LogP contribution in [0.5, 0.6) is 0 Å². The molecule has 2 rings (SSSR count). The minimum atomic E-state index is -4.59. The molecule has 0 radical (unpaired) electrons. The summed E-state index contributed by atoms with van der Waals surface area (Å²) in [7, 11) is 0. The van der Waals surface area contributed by atoms with E-state index in [9.17, 15) is 18.0 Å². The molecule has 0 saturated heterocycles. The molecule has 0 bridgehead atoms. The predicted molar refractivity (Wildman–Crippen MR) is 72.7 cm³/mol. The van der Waals surface area contributed by atoms with Crippen molar-refractivity contribution in [2.75, 3.05) is 5.32 Å². The van der Waals surface area contributed by atoms with Gasteiger partial charge in [0.05, 0.1) is 16.6 Å². The van der Waals surface area contributed by atoms with Gasteiger partial charge in [-0.25, -0.2) is 4.79 Å². The number of aromatic nitrogens is 1. The SMILES string of the molecule is O=C(N=c1ccn(O)c(Cl)c1)Nc1ccccc1C(F)(F)F. The predicted octanol–water partition coefficient (Wildman–Crippen LogP) is 3.53. The first kappa shape index (κ1) is 15.9. The van der Waals surface area contributed by atoms with Crippen LogP contribution in [-0.4, -0.2) is 16.0 Å². The number of hydrogen-bond donors (Lipinski definition) is 2. The molecule has 0 unspecified atom stereocenters. The average Bonchev–Trinajstić information content (AvgIpc) is 2.42. The van der Waals surface area contributed by atoms with Crippen molar-refractivity contribution in [2.24, 2.45) is 4.99 Å². The fraction of sp³-hybridized carbons (Fsp3) is 0.0769. The highest BCUT2D eigenvalue weighted by atomic mass is 35.5. The third-order valence-corrected chi connectivity index (χ3v) is 2.86. The Labute approximate surface area is 127 Å². The van der Waals surface area contributed by atoms with Crippen molar-refractivity contribution in [3.63, 3.8) is 0 Å². The van der Waals surface area contributed by atoms with Gasteiger partial charge in [-0.1, -0.05) is 23.7 Å². The highest BCUT2D eigenvalue weighted by Gasteiger charge is 2.33. The second-order valence-electron chi connectivity index (χ2n) is 4.14. The number of para-hydroxylation sites is 1. The lowest BCUT2D eigenvalue weighted by Gasteiger charge is -2.12. The molecule has 1 aromatic carbocycles. The summed E-state index contributed by atoms with van der Waals surface area (Å²) in [6, 6.07) is 5.99. The molecule has 22 heavy (non-hydrogen) atoms. The van der Waals surface area contributed by atoms with E-state index in [-0.39, 0.29) is 10.5 Å². The van der Waals surface area contributed by atoms with Crippen molar-refractivity contribution in [3.8, 4) is 0 Å². The Morgan fingerprint density at radius 2 is 1.95 bits per heavy atom. The van der Waals surface area contributed by atoms with E-state index in [1.54, 1.807) is 0 Å². The molecule has 2 N–H and O–H groups in total. The lowest BCUT2D eigenvalue weighted by atomic mass is 10.1. The fourth-order valence-corrected chi connectivity index (χ4v) is 1.79. The second-order valence-corrected chi connectivity index (χ2v) is 4.52. The monoisotopic (exact) mass is 331 g/mol. The summed E-state index contributed by atoms with van der Waals surface area (Å²) < 4.78 is 39.0. The van der Waals surface area contributed by atoms with Crippen LogP contribution in [0.4, 0.5) is 23.7 Å². The van der Waals surface area contributed by atoms with Crippen LogP contribution in [-0.2, 0) is 6.18 Å². The van der Waals surface area contributed by atoms with Crippen LogP contribution in [0, 0.1) is 0 Å². The minimum absolute atomic E-state index is 0.0808. The van der Waals surface area contributed by atoms with Crippen LogP contribution in [0.1, 0.15) is 5.56 Å². The number of amides is 2. The van der Waals surface area contributed by atoms with Crippen molar-refractivity contribution >= 4 is 23.3 Å². The number of urea groups is 1. The molecule has 0 aliphatic heterocycles. The largest absolute Gasteiger partial charge is 0.428 e. The van der Waals surface area contributed by atoms with E-state index in [1.807, 2.05) is 0 Å². The number of rotatable bonds is 1. The third kappa shape index (κ3) is 3.79. The van der Waals surface area contributed by atoms with Crippen LogP contribution < -0.4 is 10.7 Å². The number of nitrogens with zero attached hydrogens (tertiary/aromatic N) is 2. The van der Waals surface area contributed by atoms with Crippen molar-refractivity contribution in [1.29, 1.82) is 0 Å². The molecule has 116 valence electrons. The van der Waals surface area contributed by atoms with E-state index in [0.29, 0.717) is 4.73 Å². The Morgan fingerprint density at radius 3 is 2.59 bits per heavy atom. The number of alkyl halides is 3. The minimum Gasteiger partial charge on any atom is -0.428 e. The summed E-state index contributed by atoms with van der Waals surface area (Å²) in [4.78, 5) is 15.3. The molecule has 1 aromatic heterocycles. The molecule has 0 aliphatic carbocycles. The zero-order valence-corrected chi connectivity index (χ0v) is 11.6. The van der Waals surface area contributed by atoms with Gasteiger partial charge in [-0.2, -0.15) is 22.9 Å². The second kappa shape index (κ2) is 6.10. The Kier molecular flexibility index (Phi) is 4.41. The first-order valence-electron chi connectivity index (χ1n) is 5.87. The first-order valence-corrected chi connectivity index (χ1v) is 6.24. The van der Waals surface area contributed by atoms with Crippen molar-refractivity contribution in [3.05, 3.63) is 58.7 Å². The van der Waals surface area contributed by atoms with Crippen molar-refractivity contribution in [2.45, 2.75) is 6.18 Å². The van der Waals surface area contributed by atoms with Crippen LogP contribution in [0.2, 0.25) is 5.15 Å². The maximum atomic E-state index is 12.8. The molecule has 2 amide bonds. The molecule has 0 spiro atoms. The summed E-state index contributed by atoms with van der Waals surface area (Å²) in [5.41, 5.74) is -1.37. The number of carbonyl (C=O) groups excluding carboxylic acids is 1. The lowest BCUT2D eigenvalue weighted by Crippen LogP contribution is -2.16. The number of benzene rings is 1. The summed E-state index contributed by atoms with van der Waals surface area (Å²) >= 11 is 5.62. The number of carbonyl (C=O) groups is 1. The van der Waals surface area contributed by atoms with Crippen molar-refractivity contribution < 1.29 is 23.2 Å². The third-order valence-electron chi connectivity index (χ3n) is 2.58. The van der Waals surface area contributed by atoms with E-state index >= 15 is 0 Å². The quantitative estimate of drug-likeness (QED) is 0.620. The maximum Gasteiger partial charge on any atom is 0.418 e. The fourth-order valence-electron chi connectivity index (χ4n) is 1.62. The van der Waals surface area contributed by atoms with Gasteiger partial charge in [0.15, 0.2) is 0 Å². The van der Waals surface area contributed by atoms with E-state index in [1.165, 1.54) is 24.3 Å². The van der Waals surface area contributed by atoms with Crippen LogP contribution in [0.25, 0.3) is 0 Å². The number of halogens is 4. The zero-order valence-electron chi connectivity index (χ0n) is 10.8. The standard InChI is InChI=1S/C13H9ClF3N3O2/c14-11-7-8(5-6-20(11)22)18-12(21)19-10-4-2-1-3-9(10)13(15,16)17/h1-7,22H,(H,19,21). The highest BCUT2D eigenvalue weighted by molar-refractivity contribution is 6.29. The van der Waals surface area contributed by atoms with Crippen LogP contribution >= 0.6 is 11.6 Å². The zero-order chi connectivity index (χ0) is 16.3. The Bertz CT molecular complexity index is 772. The van der Waals surface area contributed by atoms with E-state index in [4.69, 9.17) is 16.8 Å². The van der Waals surface area contributed by atoms with Crippen LogP contribution in [0.3, 0.4) is 0 Å². The summed E-state index contributed by atoms with van der Waals surface area (Å²) in [6.07, 6.45) is -3.46. The van der Waals surface area contributed by atoms with Gasteiger partial charge in [0.1, 0.15) is 5.15 Å². The molecule has 0 fully saturated rings. The van der Waals surface area contributed by atoms with Gasteiger partial charge >= 0.3 is 12.2 Å². The lowest BCUT2D eigenvalue weighted by molar-refractivity contribution is -0.136. The molecule has 9 heteroatoms. The summed E-state index contributed by atoms with van der Waals surface area (Å²) in [5, 5.41) is 11.2. The molecule has 2 aromatic rings. The Morgan fingerprint density at radius 1 is 1.27 bits per heavy atom. The molecular formula is C13H9ClF3N3O2. The van der Waals surface area contributed by atoms with Gasteiger partial charge in [0.2, 0.25) is 0 Å². The molecule has 1 heterocycles. The highest BCUT2D eigenvalue weighted by Crippen LogP contribution is 2.34. The van der Waals surface area contributed by atoms with E-state index in [2.05, 4.69) is 10.3 Å². The van der Waals surface area contributed by atoms with Crippen molar-refractivity contribution in [1.82, 2.24) is 4.73 Å². The molecular weight excluding hydrogens is 323 g/mol. The summed E-state index contributed by atoms with van der Waals surface area (Å²) in [5.74, 6) is 0. The van der Waals surface area contributed by atoms with Gasteiger partial charge < -0.3 is 10.5 Å². The van der Waals surface area contributed by atoms with Gasteiger partial charge in [0, 0.05) is 12.3 Å². The average molecular weight is 332 g/mol. The van der Waals surface area contributed by atoms with Crippen LogP contribution in [0.15, 0.2) is 47.6 Å². The number of pyridine rings is 1. The smallest absolute Gasteiger partial charge is 0.418 e. The Balaban J connectivity index is 2.28. The van der Waals surface area contributed by atoms with Gasteiger partial charge in [-0.3, -0.25) is 0 Å². The van der Waals surface area contributed by atoms with E-state index in [0.717, 1.165) is 18.3 Å². The maximum absolute atomic E-state index is 12.8. The normalized spacial score (nSPS) is 12.3. The van der Waals surface area contributed by atoms with E-state index < -0.39 is 23.5 Å².